The van der Waals surface area contributed by atoms with Gasteiger partial charge in [-0.1, -0.05) is 11.8 Å². The molecule has 1 fully saturated rings. The number of rotatable bonds is 6. The van der Waals surface area contributed by atoms with Gasteiger partial charge in [0.15, 0.2) is 22.4 Å². The molecule has 11 heteroatoms. The normalized spacial score (nSPS) is 14.3. The van der Waals surface area contributed by atoms with Crippen molar-refractivity contribution in [1.29, 1.82) is 0 Å². The summed E-state index contributed by atoms with van der Waals surface area (Å²) in [5, 5.41) is 8.57. The number of amides is 1. The lowest BCUT2D eigenvalue weighted by Crippen LogP contribution is -2.37. The first kappa shape index (κ1) is 20.5. The van der Waals surface area contributed by atoms with Gasteiger partial charge in [0.2, 0.25) is 0 Å². The Kier molecular flexibility index (Phi) is 6.09. The minimum Gasteiger partial charge on any atom is -0.378 e. The van der Waals surface area contributed by atoms with Crippen LogP contribution in [0, 0.1) is 11.6 Å². The quantitative estimate of drug-likeness (QED) is 0.470. The van der Waals surface area contributed by atoms with Gasteiger partial charge in [-0.2, -0.15) is 5.10 Å². The minimum atomic E-state index is -1.06. The lowest BCUT2D eigenvalue weighted by atomic mass is 10.2. The lowest BCUT2D eigenvalue weighted by molar-refractivity contribution is 0.0951. The number of anilines is 1. The number of aromatic nitrogens is 4. The van der Waals surface area contributed by atoms with Gasteiger partial charge in [-0.25, -0.2) is 23.4 Å². The molecule has 0 spiro atoms. The van der Waals surface area contributed by atoms with Crippen LogP contribution in [0.4, 0.5) is 14.6 Å². The van der Waals surface area contributed by atoms with E-state index < -0.39 is 17.5 Å². The monoisotopic (exact) mass is 434 g/mol. The average molecular weight is 434 g/mol. The van der Waals surface area contributed by atoms with Gasteiger partial charge < -0.3 is 15.0 Å². The molecule has 0 saturated carbocycles. The highest BCUT2D eigenvalue weighted by atomic mass is 32.2. The number of carbonyl (C=O) groups is 1. The Balaban J connectivity index is 1.50. The summed E-state index contributed by atoms with van der Waals surface area (Å²) >= 11 is 1.45. The molecular formula is C19H20F2N6O2S. The third-order valence-corrected chi connectivity index (χ3v) is 5.29. The highest BCUT2D eigenvalue weighted by molar-refractivity contribution is 7.98. The molecule has 1 N–H and O–H groups in total. The number of nitrogens with zero attached hydrogens (tertiary/aromatic N) is 5. The van der Waals surface area contributed by atoms with Crippen LogP contribution < -0.4 is 10.2 Å². The van der Waals surface area contributed by atoms with Crippen molar-refractivity contribution in [2.75, 3.05) is 44.0 Å². The molecule has 30 heavy (non-hydrogen) atoms. The van der Waals surface area contributed by atoms with Crippen molar-refractivity contribution in [3.63, 3.8) is 0 Å². The number of hydrogen-bond acceptors (Lipinski definition) is 7. The van der Waals surface area contributed by atoms with Gasteiger partial charge in [0.1, 0.15) is 5.82 Å². The summed E-state index contributed by atoms with van der Waals surface area (Å²) in [6.45, 7) is 3.39. The van der Waals surface area contributed by atoms with Crippen molar-refractivity contribution in [3.05, 3.63) is 41.6 Å². The average Bonchev–Trinajstić information content (AvgIpc) is 3.18. The van der Waals surface area contributed by atoms with E-state index in [0.717, 1.165) is 36.4 Å². The van der Waals surface area contributed by atoms with Gasteiger partial charge >= 0.3 is 0 Å². The van der Waals surface area contributed by atoms with Gasteiger partial charge in [0.05, 0.1) is 31.3 Å². The second-order valence-electron chi connectivity index (χ2n) is 6.62. The number of halogens is 2. The Morgan fingerprint density at radius 2 is 2.03 bits per heavy atom. The minimum absolute atomic E-state index is 0.0563. The smallest absolute Gasteiger partial charge is 0.251 e. The van der Waals surface area contributed by atoms with Gasteiger partial charge in [-0.3, -0.25) is 4.79 Å². The zero-order valence-electron chi connectivity index (χ0n) is 16.3. The summed E-state index contributed by atoms with van der Waals surface area (Å²) in [7, 11) is 0. The van der Waals surface area contributed by atoms with Gasteiger partial charge in [0.25, 0.3) is 5.91 Å². The van der Waals surface area contributed by atoms with Crippen LogP contribution in [0.5, 0.6) is 0 Å². The molecular weight excluding hydrogens is 414 g/mol. The van der Waals surface area contributed by atoms with E-state index in [1.54, 1.807) is 10.9 Å². The number of carbonyl (C=O) groups excluding carboxylic acids is 1. The van der Waals surface area contributed by atoms with E-state index in [1.165, 1.54) is 17.8 Å². The molecule has 1 saturated heterocycles. The van der Waals surface area contributed by atoms with Gasteiger partial charge in [0, 0.05) is 25.2 Å². The summed E-state index contributed by atoms with van der Waals surface area (Å²) < 4.78 is 33.5. The second-order valence-corrected chi connectivity index (χ2v) is 7.40. The maximum atomic E-state index is 13.3. The lowest BCUT2D eigenvalue weighted by Gasteiger charge is -2.28. The van der Waals surface area contributed by atoms with Crippen LogP contribution in [0.25, 0.3) is 11.0 Å². The van der Waals surface area contributed by atoms with Crippen LogP contribution in [0.3, 0.4) is 0 Å². The number of nitrogens with one attached hydrogen (secondary N) is 1. The molecule has 8 nitrogen and oxygen atoms in total. The number of benzene rings is 1. The van der Waals surface area contributed by atoms with E-state index >= 15 is 0 Å². The molecule has 3 aromatic rings. The first-order valence-electron chi connectivity index (χ1n) is 9.40. The van der Waals surface area contributed by atoms with Crippen LogP contribution in [0.2, 0.25) is 0 Å². The molecule has 0 atom stereocenters. The van der Waals surface area contributed by atoms with Gasteiger partial charge in [-0.15, -0.1) is 0 Å². The van der Waals surface area contributed by atoms with E-state index in [-0.39, 0.29) is 12.1 Å². The van der Waals surface area contributed by atoms with Gasteiger partial charge in [-0.05, 0) is 24.5 Å². The molecule has 1 aliphatic rings. The molecule has 1 aliphatic heterocycles. The third kappa shape index (κ3) is 4.21. The molecule has 0 radical (unpaired) electrons. The number of morpholine rings is 1. The van der Waals surface area contributed by atoms with Crippen LogP contribution in [-0.4, -0.2) is 64.8 Å². The molecule has 3 heterocycles. The van der Waals surface area contributed by atoms with E-state index in [9.17, 15) is 13.6 Å². The fourth-order valence-corrected chi connectivity index (χ4v) is 3.56. The van der Waals surface area contributed by atoms with Crippen molar-refractivity contribution in [3.8, 4) is 0 Å². The number of thioether (sulfide) groups is 1. The number of hydrogen-bond donors (Lipinski definition) is 1. The predicted molar refractivity (Wildman–Crippen MR) is 109 cm³/mol. The summed E-state index contributed by atoms with van der Waals surface area (Å²) in [4.78, 5) is 23.6. The Morgan fingerprint density at radius 1 is 1.23 bits per heavy atom. The first-order chi connectivity index (χ1) is 14.6. The van der Waals surface area contributed by atoms with Crippen molar-refractivity contribution in [2.45, 2.75) is 11.7 Å². The Labute approximate surface area is 175 Å². The summed E-state index contributed by atoms with van der Waals surface area (Å²) in [5.41, 5.74) is 0.735. The second kappa shape index (κ2) is 8.92. The molecule has 0 unspecified atom stereocenters. The maximum absolute atomic E-state index is 13.3. The zero-order valence-corrected chi connectivity index (χ0v) is 17.1. The molecule has 1 amide bonds. The molecule has 1 aromatic carbocycles. The van der Waals surface area contributed by atoms with Crippen LogP contribution >= 0.6 is 11.8 Å². The molecule has 2 aromatic heterocycles. The molecule has 158 valence electrons. The summed E-state index contributed by atoms with van der Waals surface area (Å²) in [6, 6.07) is 3.05. The van der Waals surface area contributed by atoms with Crippen LogP contribution in [0.1, 0.15) is 10.4 Å². The maximum Gasteiger partial charge on any atom is 0.251 e. The highest BCUT2D eigenvalue weighted by Gasteiger charge is 2.20. The van der Waals surface area contributed by atoms with Crippen molar-refractivity contribution >= 4 is 34.5 Å². The highest BCUT2D eigenvalue weighted by Crippen LogP contribution is 2.27. The standard InChI is InChI=1S/C19H20F2N6O2S/c1-30-19-24-16(26-6-8-29-9-7-26)13-11-23-27(17(13)25-19)5-4-22-18(28)12-2-3-14(20)15(21)10-12/h2-3,10-11H,4-9H2,1H3,(H,22,28). The SMILES string of the molecule is CSc1nc(N2CCOCC2)c2cnn(CCNC(=O)c3ccc(F)c(F)c3)c2n1. The van der Waals surface area contributed by atoms with Crippen molar-refractivity contribution in [2.24, 2.45) is 0 Å². The third-order valence-electron chi connectivity index (χ3n) is 4.74. The predicted octanol–water partition coefficient (Wildman–Crippen LogP) is 2.09. The Hall–Kier alpha value is -2.79. The Morgan fingerprint density at radius 3 is 2.77 bits per heavy atom. The topological polar surface area (TPSA) is 85.2 Å². The largest absolute Gasteiger partial charge is 0.378 e. The van der Waals surface area contributed by atoms with Crippen LogP contribution in [0.15, 0.2) is 29.6 Å². The number of ether oxygens (including phenoxy) is 1. The van der Waals surface area contributed by atoms with Crippen LogP contribution in [-0.2, 0) is 11.3 Å². The Bertz CT molecular complexity index is 1070. The van der Waals surface area contributed by atoms with E-state index in [4.69, 9.17) is 4.74 Å². The number of fused-ring (bicyclic) bond motifs is 1. The molecule has 4 rings (SSSR count). The van der Waals surface area contributed by atoms with E-state index in [0.29, 0.717) is 30.6 Å². The van der Waals surface area contributed by atoms with Crippen molar-refractivity contribution in [1.82, 2.24) is 25.1 Å². The van der Waals surface area contributed by atoms with E-state index in [1.807, 2.05) is 6.26 Å². The fourth-order valence-electron chi connectivity index (χ4n) is 3.21. The fraction of sp³-hybridized carbons (Fsp3) is 0.368. The molecule has 0 aliphatic carbocycles. The zero-order chi connectivity index (χ0) is 21.1. The molecule has 0 bridgehead atoms. The van der Waals surface area contributed by atoms with Crippen molar-refractivity contribution < 1.29 is 18.3 Å². The summed E-state index contributed by atoms with van der Waals surface area (Å²) in [5.74, 6) is -1.71. The summed E-state index contributed by atoms with van der Waals surface area (Å²) in [6.07, 6.45) is 3.63. The first-order valence-corrected chi connectivity index (χ1v) is 10.6. The van der Waals surface area contributed by atoms with E-state index in [2.05, 4.69) is 25.3 Å².